The van der Waals surface area contributed by atoms with Gasteiger partial charge in [-0.2, -0.15) is 0 Å². The second-order valence-electron chi connectivity index (χ2n) is 4.73. The van der Waals surface area contributed by atoms with Crippen LogP contribution in [0.4, 0.5) is 4.39 Å². The first-order chi connectivity index (χ1) is 9.43. The molecule has 0 bridgehead atoms. The number of rotatable bonds is 4. The van der Waals surface area contributed by atoms with E-state index in [0.29, 0.717) is 11.1 Å². The molecule has 1 nitrogen and oxygen atoms in total. The Labute approximate surface area is 139 Å². The molecule has 0 aliphatic carbocycles. The summed E-state index contributed by atoms with van der Waals surface area (Å²) in [6.07, 6.45) is 0. The number of benzene rings is 1. The van der Waals surface area contributed by atoms with Crippen molar-refractivity contribution >= 4 is 43.2 Å². The molecular formula is C15H16Br2FNS. The Morgan fingerprint density at radius 1 is 1.20 bits per heavy atom. The number of aryl methyl sites for hydroxylation is 2. The van der Waals surface area contributed by atoms with E-state index >= 15 is 0 Å². The Morgan fingerprint density at radius 2 is 1.80 bits per heavy atom. The molecule has 2 aromatic rings. The molecule has 108 valence electrons. The summed E-state index contributed by atoms with van der Waals surface area (Å²) in [5.74, 6) is -0.113. The van der Waals surface area contributed by atoms with E-state index in [0.717, 1.165) is 20.4 Å². The standard InChI is InChI=1S/C15H16Br2FNS/c1-4-19-14(12-7-11(16)15(17)20-12)10-5-8(2)13(18)9(3)6-10/h5-7,14,19H,4H2,1-3H3. The lowest BCUT2D eigenvalue weighted by Gasteiger charge is -2.18. The monoisotopic (exact) mass is 419 g/mol. The molecule has 1 aromatic heterocycles. The van der Waals surface area contributed by atoms with Gasteiger partial charge in [-0.05, 0) is 75.0 Å². The van der Waals surface area contributed by atoms with Gasteiger partial charge in [0.05, 0.1) is 9.83 Å². The van der Waals surface area contributed by atoms with E-state index in [9.17, 15) is 4.39 Å². The van der Waals surface area contributed by atoms with Gasteiger partial charge in [0.25, 0.3) is 0 Å². The second kappa shape index (κ2) is 6.69. The van der Waals surface area contributed by atoms with Crippen molar-refractivity contribution in [1.82, 2.24) is 5.32 Å². The highest BCUT2D eigenvalue weighted by Gasteiger charge is 2.18. The van der Waals surface area contributed by atoms with Crippen molar-refractivity contribution in [3.8, 4) is 0 Å². The maximum absolute atomic E-state index is 13.8. The summed E-state index contributed by atoms with van der Waals surface area (Å²) < 4.78 is 15.9. The van der Waals surface area contributed by atoms with Crippen molar-refractivity contribution < 1.29 is 4.39 Å². The van der Waals surface area contributed by atoms with Crippen molar-refractivity contribution in [2.75, 3.05) is 6.54 Å². The van der Waals surface area contributed by atoms with Crippen LogP contribution in [0.3, 0.4) is 0 Å². The van der Waals surface area contributed by atoms with Crippen LogP contribution in [0, 0.1) is 19.7 Å². The Balaban J connectivity index is 2.48. The summed E-state index contributed by atoms with van der Waals surface area (Å²) in [5.41, 5.74) is 2.49. The summed E-state index contributed by atoms with van der Waals surface area (Å²) in [5, 5.41) is 3.48. The molecule has 5 heteroatoms. The maximum atomic E-state index is 13.8. The molecule has 0 saturated heterocycles. The van der Waals surface area contributed by atoms with Crippen LogP contribution >= 0.6 is 43.2 Å². The van der Waals surface area contributed by atoms with Crippen molar-refractivity contribution in [3.63, 3.8) is 0 Å². The van der Waals surface area contributed by atoms with E-state index in [2.05, 4.69) is 50.2 Å². The first-order valence-corrected chi connectivity index (χ1v) is 8.79. The van der Waals surface area contributed by atoms with Gasteiger partial charge in [-0.25, -0.2) is 4.39 Å². The van der Waals surface area contributed by atoms with Crippen LogP contribution in [-0.4, -0.2) is 6.54 Å². The SMILES string of the molecule is CCNC(c1cc(C)c(F)c(C)c1)c1cc(Br)c(Br)s1. The largest absolute Gasteiger partial charge is 0.306 e. The maximum Gasteiger partial charge on any atom is 0.129 e. The van der Waals surface area contributed by atoms with E-state index in [1.54, 1.807) is 11.3 Å². The number of thiophene rings is 1. The van der Waals surface area contributed by atoms with E-state index < -0.39 is 0 Å². The molecule has 0 radical (unpaired) electrons. The van der Waals surface area contributed by atoms with Crippen LogP contribution < -0.4 is 5.32 Å². The fourth-order valence-corrected chi connectivity index (χ4v) is 4.43. The Morgan fingerprint density at radius 3 is 2.25 bits per heavy atom. The van der Waals surface area contributed by atoms with Gasteiger partial charge in [0.15, 0.2) is 0 Å². The van der Waals surface area contributed by atoms with E-state index in [4.69, 9.17) is 0 Å². The molecule has 20 heavy (non-hydrogen) atoms. The van der Waals surface area contributed by atoms with Gasteiger partial charge in [-0.1, -0.05) is 19.1 Å². The highest BCUT2D eigenvalue weighted by molar-refractivity contribution is 9.13. The molecule has 0 aliphatic heterocycles. The van der Waals surface area contributed by atoms with Gasteiger partial charge in [0.1, 0.15) is 5.82 Å². The van der Waals surface area contributed by atoms with Gasteiger partial charge < -0.3 is 5.32 Å². The Hall–Kier alpha value is -0.230. The van der Waals surface area contributed by atoms with Crippen LogP contribution in [0.1, 0.15) is 34.5 Å². The molecule has 0 fully saturated rings. The minimum atomic E-state index is -0.113. The van der Waals surface area contributed by atoms with Gasteiger partial charge in [0, 0.05) is 9.35 Å². The molecule has 2 rings (SSSR count). The molecule has 0 spiro atoms. The zero-order valence-electron chi connectivity index (χ0n) is 11.6. The average Bonchev–Trinajstić information content (AvgIpc) is 2.72. The molecule has 0 aliphatic rings. The number of nitrogens with one attached hydrogen (secondary N) is 1. The Kier molecular flexibility index (Phi) is 5.40. The lowest BCUT2D eigenvalue weighted by molar-refractivity contribution is 0.600. The zero-order chi connectivity index (χ0) is 14.9. The molecule has 1 heterocycles. The van der Waals surface area contributed by atoms with Crippen molar-refractivity contribution in [2.24, 2.45) is 0 Å². The lowest BCUT2D eigenvalue weighted by atomic mass is 9.99. The van der Waals surface area contributed by atoms with Gasteiger partial charge in [0.2, 0.25) is 0 Å². The summed E-state index contributed by atoms with van der Waals surface area (Å²) in [6, 6.07) is 6.05. The summed E-state index contributed by atoms with van der Waals surface area (Å²) in [4.78, 5) is 1.20. The van der Waals surface area contributed by atoms with Crippen molar-refractivity contribution in [1.29, 1.82) is 0 Å². The topological polar surface area (TPSA) is 12.0 Å². The third-order valence-corrected chi connectivity index (χ3v) is 6.47. The zero-order valence-corrected chi connectivity index (χ0v) is 15.5. The third kappa shape index (κ3) is 3.32. The number of halogens is 3. The van der Waals surface area contributed by atoms with E-state index in [1.807, 2.05) is 26.0 Å². The highest BCUT2D eigenvalue weighted by atomic mass is 79.9. The molecule has 0 saturated carbocycles. The van der Waals surface area contributed by atoms with Crippen LogP contribution in [0.5, 0.6) is 0 Å². The normalized spacial score (nSPS) is 12.7. The Bertz CT molecular complexity index is 582. The van der Waals surface area contributed by atoms with Crippen LogP contribution in [0.2, 0.25) is 0 Å². The first kappa shape index (κ1) is 16.1. The number of hydrogen-bond acceptors (Lipinski definition) is 2. The molecule has 1 unspecified atom stereocenters. The molecule has 0 amide bonds. The minimum absolute atomic E-state index is 0.0885. The smallest absolute Gasteiger partial charge is 0.129 e. The van der Waals surface area contributed by atoms with Gasteiger partial charge in [-0.3, -0.25) is 0 Å². The summed E-state index contributed by atoms with van der Waals surface area (Å²) in [7, 11) is 0. The fraction of sp³-hybridized carbons (Fsp3) is 0.333. The predicted molar refractivity (Wildman–Crippen MR) is 91.1 cm³/mol. The minimum Gasteiger partial charge on any atom is -0.306 e. The van der Waals surface area contributed by atoms with Gasteiger partial charge in [-0.15, -0.1) is 11.3 Å². The summed E-state index contributed by atoms with van der Waals surface area (Å²) in [6.45, 7) is 6.56. The predicted octanol–water partition coefficient (Wildman–Crippen LogP) is 5.73. The molecule has 1 N–H and O–H groups in total. The first-order valence-electron chi connectivity index (χ1n) is 6.38. The van der Waals surface area contributed by atoms with Crippen molar-refractivity contribution in [3.05, 3.63) is 53.8 Å². The average molecular weight is 421 g/mol. The van der Waals surface area contributed by atoms with Crippen molar-refractivity contribution in [2.45, 2.75) is 26.8 Å². The molecule has 1 atom stereocenters. The lowest BCUT2D eigenvalue weighted by Crippen LogP contribution is -2.21. The third-order valence-electron chi connectivity index (χ3n) is 3.15. The van der Waals surface area contributed by atoms with E-state index in [-0.39, 0.29) is 11.9 Å². The summed E-state index contributed by atoms with van der Waals surface area (Å²) >= 11 is 8.74. The van der Waals surface area contributed by atoms with Crippen LogP contribution in [-0.2, 0) is 0 Å². The fourth-order valence-electron chi connectivity index (χ4n) is 2.24. The quantitative estimate of drug-likeness (QED) is 0.665. The van der Waals surface area contributed by atoms with Gasteiger partial charge >= 0.3 is 0 Å². The highest BCUT2D eigenvalue weighted by Crippen LogP contribution is 2.38. The van der Waals surface area contributed by atoms with E-state index in [1.165, 1.54) is 4.88 Å². The number of hydrogen-bond donors (Lipinski definition) is 1. The molecule has 1 aromatic carbocycles. The second-order valence-corrected chi connectivity index (χ2v) is 7.99. The van der Waals surface area contributed by atoms with Crippen LogP contribution in [0.25, 0.3) is 0 Å². The molecular weight excluding hydrogens is 405 g/mol. The van der Waals surface area contributed by atoms with Crippen LogP contribution in [0.15, 0.2) is 26.5 Å².